The first kappa shape index (κ1) is 16.8. The van der Waals surface area contributed by atoms with E-state index >= 15 is 0 Å². The lowest BCUT2D eigenvalue weighted by Crippen LogP contribution is -2.24. The summed E-state index contributed by atoms with van der Waals surface area (Å²) in [7, 11) is 0. The van der Waals surface area contributed by atoms with Crippen molar-refractivity contribution >= 4 is 28.9 Å². The Bertz CT molecular complexity index is 772. The maximum atomic E-state index is 6.34. The van der Waals surface area contributed by atoms with E-state index in [-0.39, 0.29) is 12.1 Å². The molecule has 1 N–H and O–H groups in total. The molecule has 124 valence electrons. The molecule has 0 bridgehead atoms. The van der Waals surface area contributed by atoms with E-state index in [4.69, 9.17) is 23.2 Å². The molecule has 1 heterocycles. The van der Waals surface area contributed by atoms with Crippen LogP contribution in [0.25, 0.3) is 0 Å². The van der Waals surface area contributed by atoms with Crippen LogP contribution in [-0.2, 0) is 0 Å². The van der Waals surface area contributed by atoms with Gasteiger partial charge in [0.1, 0.15) is 12.7 Å². The Morgan fingerprint density at radius 1 is 1.08 bits per heavy atom. The van der Waals surface area contributed by atoms with Crippen LogP contribution in [0.4, 0.5) is 5.69 Å². The minimum absolute atomic E-state index is 0.0196. The molecule has 6 heteroatoms. The number of nitrogens with one attached hydrogen (secondary N) is 1. The van der Waals surface area contributed by atoms with E-state index in [9.17, 15) is 0 Å². The molecule has 0 spiro atoms. The molecule has 3 rings (SSSR count). The van der Waals surface area contributed by atoms with Crippen LogP contribution in [0.2, 0.25) is 10.0 Å². The van der Waals surface area contributed by atoms with Crippen LogP contribution in [-0.4, -0.2) is 14.8 Å². The number of hydrogen-bond donors (Lipinski definition) is 1. The van der Waals surface area contributed by atoms with Crippen LogP contribution in [0.15, 0.2) is 61.2 Å². The fourth-order valence-electron chi connectivity index (χ4n) is 2.78. The van der Waals surface area contributed by atoms with Gasteiger partial charge in [-0.15, -0.1) is 0 Å². The Morgan fingerprint density at radius 3 is 2.46 bits per heavy atom. The first-order valence-electron chi connectivity index (χ1n) is 7.79. The van der Waals surface area contributed by atoms with Gasteiger partial charge in [0.2, 0.25) is 0 Å². The van der Waals surface area contributed by atoms with Crippen molar-refractivity contribution in [3.05, 3.63) is 76.8 Å². The Labute approximate surface area is 151 Å². The van der Waals surface area contributed by atoms with E-state index in [1.54, 1.807) is 12.7 Å². The number of benzene rings is 2. The maximum Gasteiger partial charge on any atom is 0.137 e. The summed E-state index contributed by atoms with van der Waals surface area (Å²) in [6, 6.07) is 15.6. The molecule has 24 heavy (non-hydrogen) atoms. The summed E-state index contributed by atoms with van der Waals surface area (Å²) in [6.07, 6.45) is 4.18. The SMILES string of the molecule is CCC(C(Nc1ccccc1Cl)c1ccc(Cl)cc1)n1cncn1. The second-order valence-corrected chi connectivity index (χ2v) is 6.35. The molecule has 0 aliphatic rings. The van der Waals surface area contributed by atoms with Gasteiger partial charge in [-0.1, -0.05) is 54.4 Å². The topological polar surface area (TPSA) is 42.7 Å². The van der Waals surface area contributed by atoms with Crippen molar-refractivity contribution in [3.8, 4) is 0 Å². The Hall–Kier alpha value is -2.04. The zero-order chi connectivity index (χ0) is 16.9. The molecule has 4 nitrogen and oxygen atoms in total. The van der Waals surface area contributed by atoms with E-state index in [1.165, 1.54) is 0 Å². The van der Waals surface area contributed by atoms with Crippen molar-refractivity contribution in [1.82, 2.24) is 14.8 Å². The van der Waals surface area contributed by atoms with E-state index in [0.29, 0.717) is 10.0 Å². The molecule has 2 unspecified atom stereocenters. The molecular weight excluding hydrogens is 343 g/mol. The number of halogens is 2. The molecule has 0 saturated carbocycles. The quantitative estimate of drug-likeness (QED) is 0.640. The van der Waals surface area contributed by atoms with Crippen molar-refractivity contribution in [3.63, 3.8) is 0 Å². The average Bonchev–Trinajstić information content (AvgIpc) is 3.11. The number of nitrogens with zero attached hydrogens (tertiary/aromatic N) is 3. The third kappa shape index (κ3) is 3.71. The van der Waals surface area contributed by atoms with Gasteiger partial charge in [-0.3, -0.25) is 0 Å². The molecule has 0 aliphatic carbocycles. The van der Waals surface area contributed by atoms with Crippen molar-refractivity contribution in [1.29, 1.82) is 0 Å². The number of aromatic nitrogens is 3. The van der Waals surface area contributed by atoms with Crippen LogP contribution in [0, 0.1) is 0 Å². The lowest BCUT2D eigenvalue weighted by molar-refractivity contribution is 0.388. The van der Waals surface area contributed by atoms with E-state index in [2.05, 4.69) is 22.3 Å². The maximum absolute atomic E-state index is 6.34. The van der Waals surface area contributed by atoms with E-state index < -0.39 is 0 Å². The molecule has 0 radical (unpaired) electrons. The van der Waals surface area contributed by atoms with Gasteiger partial charge in [-0.05, 0) is 36.2 Å². The summed E-state index contributed by atoms with van der Waals surface area (Å²) in [5.74, 6) is 0. The minimum Gasteiger partial charge on any atom is -0.375 e. The first-order valence-corrected chi connectivity index (χ1v) is 8.55. The van der Waals surface area contributed by atoms with Gasteiger partial charge in [0.05, 0.1) is 22.8 Å². The molecule has 0 fully saturated rings. The average molecular weight is 361 g/mol. The van der Waals surface area contributed by atoms with Crippen LogP contribution in [0.3, 0.4) is 0 Å². The van der Waals surface area contributed by atoms with E-state index in [1.807, 2.05) is 53.2 Å². The molecular formula is C18H18Cl2N4. The minimum atomic E-state index is -0.0196. The van der Waals surface area contributed by atoms with Crippen LogP contribution in [0.1, 0.15) is 31.0 Å². The lowest BCUT2D eigenvalue weighted by Gasteiger charge is -2.29. The fourth-order valence-corrected chi connectivity index (χ4v) is 3.10. The standard InChI is InChI=1S/C18H18Cl2N4/c1-2-17(24-12-21-11-22-24)18(13-7-9-14(19)10-8-13)23-16-6-4-3-5-15(16)20/h3-12,17-18,23H,2H2,1H3. The Kier molecular flexibility index (Phi) is 5.38. The summed E-state index contributed by atoms with van der Waals surface area (Å²) in [5.41, 5.74) is 2.00. The summed E-state index contributed by atoms with van der Waals surface area (Å²) >= 11 is 12.4. The number of para-hydroxylation sites is 1. The monoisotopic (exact) mass is 360 g/mol. The third-order valence-electron chi connectivity index (χ3n) is 3.99. The van der Waals surface area contributed by atoms with Crippen LogP contribution < -0.4 is 5.32 Å². The second-order valence-electron chi connectivity index (χ2n) is 5.50. The van der Waals surface area contributed by atoms with Gasteiger partial charge >= 0.3 is 0 Å². The van der Waals surface area contributed by atoms with Crippen molar-refractivity contribution in [2.75, 3.05) is 5.32 Å². The molecule has 0 saturated heterocycles. The highest BCUT2D eigenvalue weighted by Gasteiger charge is 2.24. The van der Waals surface area contributed by atoms with Crippen molar-refractivity contribution in [2.24, 2.45) is 0 Å². The molecule has 3 aromatic rings. The largest absolute Gasteiger partial charge is 0.375 e. The second kappa shape index (κ2) is 7.69. The fraction of sp³-hybridized carbons (Fsp3) is 0.222. The number of rotatable bonds is 6. The highest BCUT2D eigenvalue weighted by Crippen LogP contribution is 2.34. The van der Waals surface area contributed by atoms with E-state index in [0.717, 1.165) is 17.7 Å². The van der Waals surface area contributed by atoms with Crippen LogP contribution >= 0.6 is 23.2 Å². The predicted octanol–water partition coefficient (Wildman–Crippen LogP) is 5.39. The highest BCUT2D eigenvalue weighted by atomic mass is 35.5. The Balaban J connectivity index is 2.00. The van der Waals surface area contributed by atoms with Crippen molar-refractivity contribution < 1.29 is 0 Å². The van der Waals surface area contributed by atoms with Gasteiger partial charge in [0, 0.05) is 5.02 Å². The summed E-state index contributed by atoms with van der Waals surface area (Å²) in [4.78, 5) is 4.08. The third-order valence-corrected chi connectivity index (χ3v) is 4.58. The Morgan fingerprint density at radius 2 is 1.83 bits per heavy atom. The van der Waals surface area contributed by atoms with Crippen LogP contribution in [0.5, 0.6) is 0 Å². The first-order chi connectivity index (χ1) is 11.7. The van der Waals surface area contributed by atoms with Gasteiger partial charge in [-0.2, -0.15) is 5.10 Å². The normalized spacial score (nSPS) is 13.5. The van der Waals surface area contributed by atoms with Gasteiger partial charge in [-0.25, -0.2) is 9.67 Å². The van der Waals surface area contributed by atoms with Gasteiger partial charge in [0.15, 0.2) is 0 Å². The molecule has 0 amide bonds. The smallest absolute Gasteiger partial charge is 0.137 e. The lowest BCUT2D eigenvalue weighted by atomic mass is 9.97. The predicted molar refractivity (Wildman–Crippen MR) is 98.6 cm³/mol. The van der Waals surface area contributed by atoms with Gasteiger partial charge in [0.25, 0.3) is 0 Å². The summed E-state index contributed by atoms with van der Waals surface area (Å²) in [6.45, 7) is 2.13. The number of hydrogen-bond acceptors (Lipinski definition) is 3. The highest BCUT2D eigenvalue weighted by molar-refractivity contribution is 6.33. The zero-order valence-electron chi connectivity index (χ0n) is 13.2. The molecule has 2 atom stereocenters. The van der Waals surface area contributed by atoms with Gasteiger partial charge < -0.3 is 5.32 Å². The number of anilines is 1. The summed E-state index contributed by atoms with van der Waals surface area (Å²) < 4.78 is 1.88. The molecule has 2 aromatic carbocycles. The zero-order valence-corrected chi connectivity index (χ0v) is 14.7. The van der Waals surface area contributed by atoms with Crippen molar-refractivity contribution in [2.45, 2.75) is 25.4 Å². The molecule has 0 aliphatic heterocycles. The molecule has 1 aromatic heterocycles. The summed E-state index contributed by atoms with van der Waals surface area (Å²) in [5, 5.41) is 9.28.